The predicted octanol–water partition coefficient (Wildman–Crippen LogP) is 4.11. The first-order valence-corrected chi connectivity index (χ1v) is 8.62. The van der Waals surface area contributed by atoms with Crippen LogP contribution in [0.1, 0.15) is 32.9 Å². The van der Waals surface area contributed by atoms with Crippen molar-refractivity contribution in [3.05, 3.63) is 35.3 Å². The van der Waals surface area contributed by atoms with Crippen LogP contribution in [0.15, 0.2) is 34.1 Å². The molecular weight excluding hydrogens is 324 g/mol. The quantitative estimate of drug-likeness (QED) is 0.704. The van der Waals surface area contributed by atoms with E-state index in [0.717, 1.165) is 21.7 Å². The average molecular weight is 344 g/mol. The number of carbonyl (C=O) groups is 1. The van der Waals surface area contributed by atoms with Gasteiger partial charge in [0, 0.05) is 29.3 Å². The Morgan fingerprint density at radius 1 is 1.38 bits per heavy atom. The number of nitrogens with one attached hydrogen (secondary N) is 1. The minimum atomic E-state index is -0.257. The van der Waals surface area contributed by atoms with Crippen LogP contribution in [-0.4, -0.2) is 21.4 Å². The van der Waals surface area contributed by atoms with Crippen LogP contribution in [0.4, 0.5) is 0 Å². The normalized spacial score (nSPS) is 12.0. The van der Waals surface area contributed by atoms with Crippen LogP contribution in [0.2, 0.25) is 0 Å². The van der Waals surface area contributed by atoms with Gasteiger partial charge in [-0.25, -0.2) is 4.98 Å². The van der Waals surface area contributed by atoms with Gasteiger partial charge in [0.2, 0.25) is 0 Å². The Balaban J connectivity index is 1.73. The number of aromatic nitrogens is 1. The van der Waals surface area contributed by atoms with E-state index in [1.165, 1.54) is 11.3 Å². The first kappa shape index (κ1) is 16.7. The fourth-order valence-corrected chi connectivity index (χ4v) is 3.42. The summed E-state index contributed by atoms with van der Waals surface area (Å²) >= 11 is 1.51. The predicted molar refractivity (Wildman–Crippen MR) is 95.2 cm³/mol. The average Bonchev–Trinajstić information content (AvgIpc) is 3.09. The van der Waals surface area contributed by atoms with Gasteiger partial charge in [0.05, 0.1) is 5.69 Å². The van der Waals surface area contributed by atoms with E-state index in [0.29, 0.717) is 18.7 Å². The lowest BCUT2D eigenvalue weighted by atomic mass is 9.98. The van der Waals surface area contributed by atoms with Crippen molar-refractivity contribution in [3.8, 4) is 16.5 Å². The van der Waals surface area contributed by atoms with E-state index in [1.807, 2.05) is 25.3 Å². The van der Waals surface area contributed by atoms with Gasteiger partial charge in [0.15, 0.2) is 10.8 Å². The molecule has 0 fully saturated rings. The smallest absolute Gasteiger partial charge is 0.164 e. The van der Waals surface area contributed by atoms with Gasteiger partial charge in [-0.3, -0.25) is 4.79 Å². The Labute approximate surface area is 144 Å². The van der Waals surface area contributed by atoms with Crippen molar-refractivity contribution in [3.63, 3.8) is 0 Å². The molecule has 1 aromatic carbocycles. The molecule has 0 unspecified atom stereocenters. The standard InChI is InChI=1S/C18H20N2O3S/c1-11(21)8-18(2,3)19-9-13-10-24-17(20-13)16-7-12-6-14(22)4-5-15(12)23-16/h4-7,10,19,22H,8-9H2,1-3H3. The van der Waals surface area contributed by atoms with Crippen LogP contribution in [0, 0.1) is 0 Å². The van der Waals surface area contributed by atoms with E-state index >= 15 is 0 Å². The fraction of sp³-hybridized carbons (Fsp3) is 0.333. The monoisotopic (exact) mass is 344 g/mol. The summed E-state index contributed by atoms with van der Waals surface area (Å²) in [7, 11) is 0. The van der Waals surface area contributed by atoms with Crippen LogP contribution < -0.4 is 5.32 Å². The number of fused-ring (bicyclic) bond motifs is 1. The second-order valence-corrected chi connectivity index (χ2v) is 7.45. The first-order valence-electron chi connectivity index (χ1n) is 7.74. The Morgan fingerprint density at radius 2 is 2.17 bits per heavy atom. The number of ketones is 1. The number of aromatic hydroxyl groups is 1. The van der Waals surface area contributed by atoms with Crippen molar-refractivity contribution in [1.29, 1.82) is 0 Å². The zero-order valence-electron chi connectivity index (χ0n) is 13.9. The third-order valence-corrected chi connectivity index (χ3v) is 4.61. The van der Waals surface area contributed by atoms with Crippen LogP contribution in [-0.2, 0) is 11.3 Å². The maximum absolute atomic E-state index is 11.3. The van der Waals surface area contributed by atoms with Crippen molar-refractivity contribution in [2.45, 2.75) is 39.3 Å². The molecular formula is C18H20N2O3S. The van der Waals surface area contributed by atoms with E-state index in [2.05, 4.69) is 10.3 Å². The molecule has 0 saturated heterocycles. The lowest BCUT2D eigenvalue weighted by molar-refractivity contribution is -0.118. The number of nitrogens with zero attached hydrogens (tertiary/aromatic N) is 1. The summed E-state index contributed by atoms with van der Waals surface area (Å²) in [6.07, 6.45) is 0.483. The highest BCUT2D eigenvalue weighted by atomic mass is 32.1. The van der Waals surface area contributed by atoms with Gasteiger partial charge in [-0.1, -0.05) is 0 Å². The van der Waals surface area contributed by atoms with E-state index < -0.39 is 0 Å². The molecule has 0 saturated carbocycles. The zero-order valence-corrected chi connectivity index (χ0v) is 14.7. The third-order valence-electron chi connectivity index (χ3n) is 3.70. The van der Waals surface area contributed by atoms with Crippen molar-refractivity contribution in [2.24, 2.45) is 0 Å². The molecule has 0 aliphatic carbocycles. The van der Waals surface area contributed by atoms with Crippen molar-refractivity contribution in [2.75, 3.05) is 0 Å². The number of rotatable bonds is 6. The van der Waals surface area contributed by atoms with Gasteiger partial charge in [-0.15, -0.1) is 11.3 Å². The maximum atomic E-state index is 11.3. The summed E-state index contributed by atoms with van der Waals surface area (Å²) in [6, 6.07) is 6.89. The van der Waals surface area contributed by atoms with Crippen molar-refractivity contribution < 1.29 is 14.3 Å². The first-order chi connectivity index (χ1) is 11.3. The maximum Gasteiger partial charge on any atom is 0.164 e. The molecule has 2 heterocycles. The van der Waals surface area contributed by atoms with Crippen LogP contribution in [0.25, 0.3) is 21.7 Å². The molecule has 24 heavy (non-hydrogen) atoms. The second kappa shape index (κ2) is 6.37. The number of hydrogen-bond acceptors (Lipinski definition) is 6. The molecule has 3 rings (SSSR count). The van der Waals surface area contributed by atoms with E-state index in [-0.39, 0.29) is 17.1 Å². The topological polar surface area (TPSA) is 75.4 Å². The summed E-state index contributed by atoms with van der Waals surface area (Å²) < 4.78 is 5.79. The van der Waals surface area contributed by atoms with Crippen molar-refractivity contribution >= 4 is 28.1 Å². The van der Waals surface area contributed by atoms with E-state index in [9.17, 15) is 9.90 Å². The van der Waals surface area contributed by atoms with Crippen LogP contribution >= 0.6 is 11.3 Å². The summed E-state index contributed by atoms with van der Waals surface area (Å²) in [5.74, 6) is 1.07. The Bertz CT molecular complexity index is 879. The molecule has 126 valence electrons. The van der Waals surface area contributed by atoms with Gasteiger partial charge in [0.1, 0.15) is 17.1 Å². The third kappa shape index (κ3) is 3.83. The molecule has 6 heteroatoms. The molecule has 0 amide bonds. The molecule has 0 aliphatic rings. The van der Waals surface area contributed by atoms with E-state index in [1.54, 1.807) is 25.1 Å². The highest BCUT2D eigenvalue weighted by Gasteiger charge is 2.20. The molecule has 3 aromatic rings. The number of thiazole rings is 1. The van der Waals surface area contributed by atoms with Gasteiger partial charge < -0.3 is 14.8 Å². The highest BCUT2D eigenvalue weighted by molar-refractivity contribution is 7.13. The highest BCUT2D eigenvalue weighted by Crippen LogP contribution is 2.31. The molecule has 0 aliphatic heterocycles. The molecule has 0 radical (unpaired) electrons. The minimum absolute atomic E-state index is 0.164. The molecule has 0 bridgehead atoms. The molecule has 2 N–H and O–H groups in total. The number of carbonyl (C=O) groups excluding carboxylic acids is 1. The van der Waals surface area contributed by atoms with Crippen molar-refractivity contribution in [1.82, 2.24) is 10.3 Å². The number of benzene rings is 1. The lowest BCUT2D eigenvalue weighted by Gasteiger charge is -2.24. The SMILES string of the molecule is CC(=O)CC(C)(C)NCc1csc(-c2cc3cc(O)ccc3o2)n1. The Morgan fingerprint density at radius 3 is 2.92 bits per heavy atom. The molecule has 0 spiro atoms. The van der Waals surface area contributed by atoms with Gasteiger partial charge in [-0.05, 0) is 45.0 Å². The number of Topliss-reactive ketones (excluding diaryl/α,β-unsaturated/α-hetero) is 1. The minimum Gasteiger partial charge on any atom is -0.508 e. The number of phenolic OH excluding ortho intramolecular Hbond substituents is 1. The Kier molecular flexibility index (Phi) is 4.43. The summed E-state index contributed by atoms with van der Waals surface area (Å²) in [5, 5.41) is 16.5. The zero-order chi connectivity index (χ0) is 17.3. The van der Waals surface area contributed by atoms with E-state index in [4.69, 9.17) is 4.42 Å². The van der Waals surface area contributed by atoms with Gasteiger partial charge in [-0.2, -0.15) is 0 Å². The van der Waals surface area contributed by atoms with Gasteiger partial charge >= 0.3 is 0 Å². The molecule has 5 nitrogen and oxygen atoms in total. The molecule has 2 aromatic heterocycles. The summed E-state index contributed by atoms with van der Waals surface area (Å²) in [6.45, 7) is 6.21. The Hall–Kier alpha value is -2.18. The second-order valence-electron chi connectivity index (χ2n) is 6.59. The van der Waals surface area contributed by atoms with Crippen LogP contribution in [0.3, 0.4) is 0 Å². The lowest BCUT2D eigenvalue weighted by Crippen LogP contribution is -2.40. The summed E-state index contributed by atoms with van der Waals surface area (Å²) in [5.41, 5.74) is 1.38. The number of furan rings is 1. The molecule has 0 atom stereocenters. The number of hydrogen-bond donors (Lipinski definition) is 2. The van der Waals surface area contributed by atoms with Gasteiger partial charge in [0.25, 0.3) is 0 Å². The fourth-order valence-electron chi connectivity index (χ4n) is 2.65. The number of phenols is 1. The van der Waals surface area contributed by atoms with Crippen LogP contribution in [0.5, 0.6) is 5.75 Å². The largest absolute Gasteiger partial charge is 0.508 e. The summed E-state index contributed by atoms with van der Waals surface area (Å²) in [4.78, 5) is 15.9.